The molecule has 0 aliphatic rings. The molecule has 0 atom stereocenters. The lowest BCUT2D eigenvalue weighted by Crippen LogP contribution is -2.09. The van der Waals surface area contributed by atoms with E-state index in [4.69, 9.17) is 9.84 Å². The molecule has 0 aliphatic carbocycles. The van der Waals surface area contributed by atoms with Gasteiger partial charge < -0.3 is 15.2 Å². The van der Waals surface area contributed by atoms with Crippen LogP contribution >= 0.6 is 0 Å². The molecule has 0 aromatic heterocycles. The van der Waals surface area contributed by atoms with Gasteiger partial charge in [-0.1, -0.05) is 0 Å². The zero-order valence-corrected chi connectivity index (χ0v) is 8.74. The van der Waals surface area contributed by atoms with E-state index in [2.05, 4.69) is 5.32 Å². The second-order valence-electron chi connectivity index (χ2n) is 2.91. The molecule has 4 nitrogen and oxygen atoms in total. The Kier molecular flexibility index (Phi) is 4.32. The van der Waals surface area contributed by atoms with E-state index in [1.165, 1.54) is 12.3 Å². The third kappa shape index (κ3) is 3.61. The predicted octanol–water partition coefficient (Wildman–Crippen LogP) is 2.02. The lowest BCUT2D eigenvalue weighted by atomic mass is 10.3. The Hall–Kier alpha value is -2.04. The molecule has 0 unspecified atom stereocenters. The topological polar surface area (TPSA) is 58.6 Å². The zero-order valence-electron chi connectivity index (χ0n) is 8.74. The molecular weight excluding hydrogens is 213 g/mol. The number of aromatic hydroxyl groups is 1. The normalized spacial score (nSPS) is 10.4. The van der Waals surface area contributed by atoms with Crippen molar-refractivity contribution in [3.63, 3.8) is 0 Å². The molecule has 2 N–H and O–H groups in total. The molecule has 1 aromatic carbocycles. The van der Waals surface area contributed by atoms with Crippen LogP contribution in [0.2, 0.25) is 0 Å². The molecule has 1 aromatic rings. The Morgan fingerprint density at radius 2 is 2.38 bits per heavy atom. The van der Waals surface area contributed by atoms with Crippen molar-refractivity contribution in [1.82, 2.24) is 0 Å². The fourth-order valence-electron chi connectivity index (χ4n) is 0.990. The second-order valence-corrected chi connectivity index (χ2v) is 2.91. The van der Waals surface area contributed by atoms with Crippen molar-refractivity contribution in [3.05, 3.63) is 36.4 Å². The first-order valence-corrected chi connectivity index (χ1v) is 4.71. The third-order valence-corrected chi connectivity index (χ3v) is 1.69. The highest BCUT2D eigenvalue weighted by atomic mass is 19.1. The van der Waals surface area contributed by atoms with Crippen LogP contribution in [0.4, 0.5) is 10.1 Å². The van der Waals surface area contributed by atoms with Crippen LogP contribution in [-0.4, -0.2) is 17.6 Å². The van der Waals surface area contributed by atoms with Crippen molar-refractivity contribution < 1.29 is 19.0 Å². The van der Waals surface area contributed by atoms with Gasteiger partial charge in [0, 0.05) is 12.1 Å². The average molecular weight is 225 g/mol. The van der Waals surface area contributed by atoms with Crippen LogP contribution in [0.5, 0.6) is 5.75 Å². The number of hydrogen-bond donors (Lipinski definition) is 2. The largest absolute Gasteiger partial charge is 0.508 e. The maximum Gasteiger partial charge on any atom is 0.251 e. The Morgan fingerprint density at radius 1 is 1.62 bits per heavy atom. The predicted molar refractivity (Wildman–Crippen MR) is 57.5 cm³/mol. The number of hydrogen-bond acceptors (Lipinski definition) is 3. The lowest BCUT2D eigenvalue weighted by Gasteiger charge is -2.04. The number of anilines is 1. The Morgan fingerprint density at radius 3 is 3.06 bits per heavy atom. The van der Waals surface area contributed by atoms with Crippen molar-refractivity contribution in [1.29, 1.82) is 0 Å². The maximum atomic E-state index is 13.1. The Bertz CT molecular complexity index is 404. The second kappa shape index (κ2) is 5.75. The zero-order chi connectivity index (χ0) is 12.0. The van der Waals surface area contributed by atoms with Gasteiger partial charge in [0.15, 0.2) is 0 Å². The molecule has 0 aliphatic heterocycles. The SMILES string of the molecule is CCO/C=C/C(=O)Nc1cc(O)ccc1F. The van der Waals surface area contributed by atoms with Gasteiger partial charge in [-0.3, -0.25) is 4.79 Å². The van der Waals surface area contributed by atoms with E-state index in [1.54, 1.807) is 6.92 Å². The molecule has 0 fully saturated rings. The molecule has 16 heavy (non-hydrogen) atoms. The quantitative estimate of drug-likeness (QED) is 0.608. The van der Waals surface area contributed by atoms with Crippen LogP contribution in [0.3, 0.4) is 0 Å². The summed E-state index contributed by atoms with van der Waals surface area (Å²) in [5, 5.41) is 11.4. The third-order valence-electron chi connectivity index (χ3n) is 1.69. The van der Waals surface area contributed by atoms with Gasteiger partial charge in [-0.25, -0.2) is 4.39 Å². The molecule has 0 saturated heterocycles. The minimum absolute atomic E-state index is 0.0776. The summed E-state index contributed by atoms with van der Waals surface area (Å²) >= 11 is 0. The first kappa shape index (κ1) is 12.0. The number of rotatable bonds is 4. The summed E-state index contributed by atoms with van der Waals surface area (Å²) in [6.07, 6.45) is 2.35. The van der Waals surface area contributed by atoms with E-state index in [9.17, 15) is 9.18 Å². The summed E-state index contributed by atoms with van der Waals surface area (Å²) in [5.41, 5.74) is -0.0776. The van der Waals surface area contributed by atoms with Crippen LogP contribution in [0.1, 0.15) is 6.92 Å². The van der Waals surface area contributed by atoms with Crippen molar-refractivity contribution in [2.75, 3.05) is 11.9 Å². The van der Waals surface area contributed by atoms with Gasteiger partial charge >= 0.3 is 0 Å². The van der Waals surface area contributed by atoms with Crippen molar-refractivity contribution in [3.8, 4) is 5.75 Å². The molecule has 1 amide bonds. The number of phenols is 1. The number of carbonyl (C=O) groups excluding carboxylic acids is 1. The summed E-state index contributed by atoms with van der Waals surface area (Å²) < 4.78 is 17.9. The highest BCUT2D eigenvalue weighted by Crippen LogP contribution is 2.19. The molecule has 0 saturated carbocycles. The number of nitrogens with one attached hydrogen (secondary N) is 1. The van der Waals surface area contributed by atoms with Gasteiger partial charge in [-0.15, -0.1) is 0 Å². The number of benzene rings is 1. The van der Waals surface area contributed by atoms with E-state index < -0.39 is 11.7 Å². The van der Waals surface area contributed by atoms with Gasteiger partial charge in [0.25, 0.3) is 5.91 Å². The molecule has 0 heterocycles. The van der Waals surface area contributed by atoms with E-state index in [-0.39, 0.29) is 11.4 Å². The van der Waals surface area contributed by atoms with Crippen molar-refractivity contribution in [2.45, 2.75) is 6.92 Å². The van der Waals surface area contributed by atoms with Crippen molar-refractivity contribution >= 4 is 11.6 Å². The number of amides is 1. The molecule has 0 bridgehead atoms. The lowest BCUT2D eigenvalue weighted by molar-refractivity contribution is -0.112. The first-order valence-electron chi connectivity index (χ1n) is 4.71. The number of phenolic OH excluding ortho intramolecular Hbond substituents is 1. The van der Waals surface area contributed by atoms with Crippen LogP contribution in [-0.2, 0) is 9.53 Å². The number of ether oxygens (including phenoxy) is 1. The molecule has 86 valence electrons. The Balaban J connectivity index is 2.65. The minimum atomic E-state index is -0.615. The number of carbonyl (C=O) groups is 1. The minimum Gasteiger partial charge on any atom is -0.508 e. The number of halogens is 1. The summed E-state index contributed by atoms with van der Waals surface area (Å²) in [5.74, 6) is -1.26. The smallest absolute Gasteiger partial charge is 0.251 e. The van der Waals surface area contributed by atoms with Gasteiger partial charge in [0.05, 0.1) is 18.6 Å². The summed E-state index contributed by atoms with van der Waals surface area (Å²) in [6.45, 7) is 2.22. The molecule has 1 rings (SSSR count). The van der Waals surface area contributed by atoms with Gasteiger partial charge in [0.2, 0.25) is 0 Å². The maximum absolute atomic E-state index is 13.1. The van der Waals surface area contributed by atoms with E-state index in [1.807, 2.05) is 0 Å². The molecule has 0 radical (unpaired) electrons. The van der Waals surface area contributed by atoms with Crippen LogP contribution in [0, 0.1) is 5.82 Å². The van der Waals surface area contributed by atoms with E-state index >= 15 is 0 Å². The van der Waals surface area contributed by atoms with E-state index in [0.717, 1.165) is 18.2 Å². The molecular formula is C11H12FNO3. The van der Waals surface area contributed by atoms with Crippen LogP contribution < -0.4 is 5.32 Å². The summed E-state index contributed by atoms with van der Waals surface area (Å²) in [6, 6.07) is 3.39. The summed E-state index contributed by atoms with van der Waals surface area (Å²) in [7, 11) is 0. The van der Waals surface area contributed by atoms with Gasteiger partial charge in [-0.05, 0) is 19.1 Å². The van der Waals surface area contributed by atoms with Gasteiger partial charge in [0.1, 0.15) is 11.6 Å². The highest BCUT2D eigenvalue weighted by Gasteiger charge is 2.05. The monoisotopic (exact) mass is 225 g/mol. The van der Waals surface area contributed by atoms with Crippen molar-refractivity contribution in [2.24, 2.45) is 0 Å². The standard InChI is InChI=1S/C11H12FNO3/c1-2-16-6-5-11(15)13-10-7-8(14)3-4-9(10)12/h3-7,14H,2H2,1H3,(H,13,15)/b6-5+. The van der Waals surface area contributed by atoms with Crippen LogP contribution in [0.25, 0.3) is 0 Å². The van der Waals surface area contributed by atoms with Crippen LogP contribution in [0.15, 0.2) is 30.5 Å². The fraction of sp³-hybridized carbons (Fsp3) is 0.182. The molecule has 0 spiro atoms. The molecule has 5 heteroatoms. The highest BCUT2D eigenvalue weighted by molar-refractivity contribution is 5.99. The average Bonchev–Trinajstić information content (AvgIpc) is 2.24. The first-order chi connectivity index (χ1) is 7.63. The van der Waals surface area contributed by atoms with E-state index in [0.29, 0.717) is 6.61 Å². The fourth-order valence-corrected chi connectivity index (χ4v) is 0.990. The Labute approximate surface area is 92.4 Å². The summed E-state index contributed by atoms with van der Waals surface area (Å²) in [4.78, 5) is 11.2. The van der Waals surface area contributed by atoms with Gasteiger partial charge in [-0.2, -0.15) is 0 Å².